The van der Waals surface area contributed by atoms with Gasteiger partial charge in [0.2, 0.25) is 10.0 Å². The molecule has 0 aromatic heterocycles. The SMILES string of the molecule is NC(=O)COc1ccc(/C(N)=N/OC(=O)c2cc(S(=O)(=O)N3CCCCC3)c(Cl)cc2Cl)cc1. The van der Waals surface area contributed by atoms with Gasteiger partial charge < -0.3 is 21.0 Å². The van der Waals surface area contributed by atoms with Crippen LogP contribution in [0.15, 0.2) is 46.4 Å². The molecule has 1 amide bonds. The Morgan fingerprint density at radius 2 is 1.65 bits per heavy atom. The summed E-state index contributed by atoms with van der Waals surface area (Å²) < 4.78 is 32.5. The van der Waals surface area contributed by atoms with Gasteiger partial charge in [0.05, 0.1) is 15.6 Å². The van der Waals surface area contributed by atoms with Crippen LogP contribution < -0.4 is 16.2 Å². The molecule has 3 rings (SSSR count). The summed E-state index contributed by atoms with van der Waals surface area (Å²) in [5.74, 6) is -1.39. The number of nitrogens with zero attached hydrogens (tertiary/aromatic N) is 2. The van der Waals surface area contributed by atoms with Gasteiger partial charge in [-0.25, -0.2) is 13.2 Å². The molecule has 0 unspecified atom stereocenters. The van der Waals surface area contributed by atoms with Gasteiger partial charge in [-0.05, 0) is 49.2 Å². The monoisotopic (exact) mass is 528 g/mol. The van der Waals surface area contributed by atoms with Crippen LogP contribution in [0.5, 0.6) is 5.75 Å². The number of amidine groups is 1. The van der Waals surface area contributed by atoms with Crippen LogP contribution in [-0.4, -0.2) is 50.1 Å². The largest absolute Gasteiger partial charge is 0.484 e. The molecular weight excluding hydrogens is 507 g/mol. The number of hydrogen-bond donors (Lipinski definition) is 2. The van der Waals surface area contributed by atoms with E-state index < -0.39 is 21.9 Å². The zero-order chi connectivity index (χ0) is 24.9. The first-order valence-corrected chi connectivity index (χ1v) is 12.3. The molecule has 13 heteroatoms. The molecule has 2 aromatic carbocycles. The first-order chi connectivity index (χ1) is 16.1. The number of piperidine rings is 1. The Kier molecular flexibility index (Phi) is 8.37. The van der Waals surface area contributed by atoms with E-state index in [9.17, 15) is 18.0 Å². The van der Waals surface area contributed by atoms with Crippen LogP contribution in [0.1, 0.15) is 35.2 Å². The Labute approximate surface area is 206 Å². The lowest BCUT2D eigenvalue weighted by Crippen LogP contribution is -2.35. The molecule has 1 heterocycles. The molecule has 1 aliphatic rings. The summed E-state index contributed by atoms with van der Waals surface area (Å²) >= 11 is 12.3. The minimum absolute atomic E-state index is 0.0997. The number of sulfonamides is 1. The summed E-state index contributed by atoms with van der Waals surface area (Å²) in [5, 5.41) is 3.40. The maximum Gasteiger partial charge on any atom is 0.367 e. The molecule has 4 N–H and O–H groups in total. The molecule has 182 valence electrons. The highest BCUT2D eigenvalue weighted by atomic mass is 35.5. The van der Waals surface area contributed by atoms with Gasteiger partial charge in [-0.2, -0.15) is 4.31 Å². The number of ether oxygens (including phenoxy) is 1. The molecule has 2 aromatic rings. The van der Waals surface area contributed by atoms with Crippen molar-refractivity contribution in [3.8, 4) is 5.75 Å². The zero-order valence-electron chi connectivity index (χ0n) is 17.9. The summed E-state index contributed by atoms with van der Waals surface area (Å²) in [6, 6.07) is 8.36. The van der Waals surface area contributed by atoms with Crippen LogP contribution in [0, 0.1) is 0 Å². The molecule has 1 saturated heterocycles. The molecule has 0 spiro atoms. The molecule has 10 nitrogen and oxygen atoms in total. The lowest BCUT2D eigenvalue weighted by atomic mass is 10.2. The lowest BCUT2D eigenvalue weighted by Gasteiger charge is -2.26. The number of primary amides is 1. The highest BCUT2D eigenvalue weighted by Crippen LogP contribution is 2.32. The third-order valence-corrected chi connectivity index (χ3v) is 7.61. The average Bonchev–Trinajstić information content (AvgIpc) is 2.81. The van der Waals surface area contributed by atoms with Crippen molar-refractivity contribution >= 4 is 50.9 Å². The number of rotatable bonds is 8. The number of oxime groups is 1. The van der Waals surface area contributed by atoms with Crippen LogP contribution in [0.3, 0.4) is 0 Å². The van der Waals surface area contributed by atoms with Crippen molar-refractivity contribution in [3.63, 3.8) is 0 Å². The van der Waals surface area contributed by atoms with Crippen molar-refractivity contribution in [1.29, 1.82) is 0 Å². The molecule has 1 fully saturated rings. The second-order valence-electron chi connectivity index (χ2n) is 7.36. The van der Waals surface area contributed by atoms with Gasteiger partial charge in [-0.1, -0.05) is 34.8 Å². The maximum atomic E-state index is 13.0. The summed E-state index contributed by atoms with van der Waals surface area (Å²) in [7, 11) is -3.92. The molecule has 0 radical (unpaired) electrons. The van der Waals surface area contributed by atoms with Crippen molar-refractivity contribution in [2.24, 2.45) is 16.6 Å². The van der Waals surface area contributed by atoms with Crippen LogP contribution in [0.25, 0.3) is 0 Å². The quantitative estimate of drug-likeness (QED) is 0.230. The molecule has 0 saturated carbocycles. The van der Waals surface area contributed by atoms with Crippen LogP contribution in [-0.2, 0) is 19.7 Å². The fraction of sp³-hybridized carbons (Fsp3) is 0.286. The molecule has 0 aliphatic carbocycles. The summed E-state index contributed by atoms with van der Waals surface area (Å²) in [6.45, 7) is 0.459. The number of carbonyl (C=O) groups excluding carboxylic acids is 2. The fourth-order valence-electron chi connectivity index (χ4n) is 3.20. The second-order valence-corrected chi connectivity index (χ2v) is 10.1. The van der Waals surface area contributed by atoms with E-state index in [4.69, 9.17) is 44.2 Å². The first-order valence-electron chi connectivity index (χ1n) is 10.1. The topological polar surface area (TPSA) is 154 Å². The molecular formula is C21H22Cl2N4O6S. The van der Waals surface area contributed by atoms with E-state index >= 15 is 0 Å². The van der Waals surface area contributed by atoms with Gasteiger partial charge in [-0.3, -0.25) is 4.79 Å². The highest BCUT2D eigenvalue weighted by Gasteiger charge is 2.30. The number of halogens is 2. The van der Waals surface area contributed by atoms with Gasteiger partial charge in [-0.15, -0.1) is 0 Å². The normalized spacial score (nSPS) is 15.1. The number of benzene rings is 2. The lowest BCUT2D eigenvalue weighted by molar-refractivity contribution is -0.119. The number of carbonyl (C=O) groups is 2. The third-order valence-electron chi connectivity index (χ3n) is 4.93. The Hall–Kier alpha value is -2.86. The number of nitrogens with two attached hydrogens (primary N) is 2. The van der Waals surface area contributed by atoms with Crippen molar-refractivity contribution in [2.75, 3.05) is 19.7 Å². The molecule has 34 heavy (non-hydrogen) atoms. The summed E-state index contributed by atoms with van der Waals surface area (Å²) in [5.41, 5.74) is 11.0. The first kappa shape index (κ1) is 25.8. The van der Waals surface area contributed by atoms with Crippen LogP contribution >= 0.6 is 23.2 Å². The van der Waals surface area contributed by atoms with E-state index in [0.717, 1.165) is 25.3 Å². The predicted molar refractivity (Wildman–Crippen MR) is 126 cm³/mol. The predicted octanol–water partition coefficient (Wildman–Crippen LogP) is 2.51. The summed E-state index contributed by atoms with van der Waals surface area (Å²) in [6.07, 6.45) is 2.43. The Morgan fingerprint density at radius 3 is 2.26 bits per heavy atom. The van der Waals surface area contributed by atoms with Gasteiger partial charge >= 0.3 is 5.97 Å². The van der Waals surface area contributed by atoms with Crippen molar-refractivity contribution in [2.45, 2.75) is 24.2 Å². The average molecular weight is 529 g/mol. The smallest absolute Gasteiger partial charge is 0.367 e. The van der Waals surface area contributed by atoms with E-state index in [-0.39, 0.29) is 32.9 Å². The second kappa shape index (κ2) is 11.0. The van der Waals surface area contributed by atoms with Gasteiger partial charge in [0.1, 0.15) is 10.6 Å². The van der Waals surface area contributed by atoms with Gasteiger partial charge in [0, 0.05) is 18.7 Å². The maximum absolute atomic E-state index is 13.0. The zero-order valence-corrected chi connectivity index (χ0v) is 20.2. The number of amides is 1. The fourth-order valence-corrected chi connectivity index (χ4v) is 5.54. The molecule has 1 aliphatic heterocycles. The van der Waals surface area contributed by atoms with Crippen LogP contribution in [0.4, 0.5) is 0 Å². The van der Waals surface area contributed by atoms with Crippen LogP contribution in [0.2, 0.25) is 10.0 Å². The van der Waals surface area contributed by atoms with Gasteiger partial charge in [0.15, 0.2) is 12.4 Å². The molecule has 0 atom stereocenters. The standard InChI is InChI=1S/C21H22Cl2N4O6S/c22-16-11-17(23)18(34(30,31)27-8-2-1-3-9-27)10-15(16)21(29)33-26-20(25)13-4-6-14(7-5-13)32-12-19(24)28/h4-7,10-11H,1-3,8-9,12H2,(H2,24,28)(H2,25,26). The van der Waals surface area contributed by atoms with E-state index in [0.29, 0.717) is 24.4 Å². The number of hydrogen-bond acceptors (Lipinski definition) is 7. The van der Waals surface area contributed by atoms with E-state index in [1.807, 2.05) is 0 Å². The van der Waals surface area contributed by atoms with Gasteiger partial charge in [0.25, 0.3) is 5.91 Å². The van der Waals surface area contributed by atoms with E-state index in [2.05, 4.69) is 5.16 Å². The summed E-state index contributed by atoms with van der Waals surface area (Å²) in [4.78, 5) is 28.0. The van der Waals surface area contributed by atoms with E-state index in [1.165, 1.54) is 34.6 Å². The third kappa shape index (κ3) is 6.17. The van der Waals surface area contributed by atoms with Crippen molar-refractivity contribution in [3.05, 3.63) is 57.6 Å². The van der Waals surface area contributed by atoms with Crippen molar-refractivity contribution < 1.29 is 27.6 Å². The van der Waals surface area contributed by atoms with E-state index in [1.54, 1.807) is 0 Å². The minimum Gasteiger partial charge on any atom is -0.484 e. The Morgan fingerprint density at radius 1 is 1.00 bits per heavy atom. The Balaban J connectivity index is 1.77. The minimum atomic E-state index is -3.92. The van der Waals surface area contributed by atoms with Crippen molar-refractivity contribution in [1.82, 2.24) is 4.31 Å². The highest BCUT2D eigenvalue weighted by molar-refractivity contribution is 7.89. The molecule has 0 bridgehead atoms. The Bertz CT molecular complexity index is 1210.